The topological polar surface area (TPSA) is 92.7 Å². The third-order valence-electron chi connectivity index (χ3n) is 2.73. The summed E-state index contributed by atoms with van der Waals surface area (Å²) in [4.78, 5) is 35.0. The molecule has 0 unspecified atom stereocenters. The lowest BCUT2D eigenvalue weighted by Crippen LogP contribution is -2.32. The van der Waals surface area contributed by atoms with Gasteiger partial charge in [-0.15, -0.1) is 0 Å². The molecule has 0 atom stereocenters. The number of aromatic carboxylic acids is 1. The molecule has 6 nitrogen and oxygen atoms in total. The van der Waals surface area contributed by atoms with Crippen LogP contribution >= 0.6 is 0 Å². The Kier molecular flexibility index (Phi) is 5.68. The molecule has 6 heteroatoms. The van der Waals surface area contributed by atoms with E-state index in [1.54, 1.807) is 6.92 Å². The van der Waals surface area contributed by atoms with Gasteiger partial charge in [0.2, 0.25) is 0 Å². The summed E-state index contributed by atoms with van der Waals surface area (Å²) in [6, 6.07) is 3.77. The summed E-state index contributed by atoms with van der Waals surface area (Å²) < 4.78 is 4.85. The van der Waals surface area contributed by atoms with Crippen molar-refractivity contribution < 1.29 is 24.2 Å². The summed E-state index contributed by atoms with van der Waals surface area (Å²) in [6.45, 7) is 8.14. The van der Waals surface area contributed by atoms with Crippen LogP contribution in [0.5, 0.6) is 0 Å². The van der Waals surface area contributed by atoms with Crippen molar-refractivity contribution in [2.45, 2.75) is 27.7 Å². The molecule has 0 aliphatic rings. The van der Waals surface area contributed by atoms with Crippen LogP contribution in [-0.2, 0) is 4.74 Å². The van der Waals surface area contributed by atoms with Gasteiger partial charge < -0.3 is 15.2 Å². The van der Waals surface area contributed by atoms with Gasteiger partial charge in [-0.05, 0) is 30.5 Å². The zero-order chi connectivity index (χ0) is 16.9. The monoisotopic (exact) mass is 307 g/mol. The number of rotatable bonds is 5. The summed E-state index contributed by atoms with van der Waals surface area (Å²) >= 11 is 0. The van der Waals surface area contributed by atoms with E-state index in [0.717, 1.165) is 0 Å². The van der Waals surface area contributed by atoms with Gasteiger partial charge in [-0.1, -0.05) is 20.8 Å². The molecule has 1 aromatic rings. The lowest BCUT2D eigenvalue weighted by molar-refractivity contribution is 0.0526. The van der Waals surface area contributed by atoms with Crippen molar-refractivity contribution in [3.8, 4) is 0 Å². The second kappa shape index (κ2) is 7.06. The van der Waals surface area contributed by atoms with E-state index in [1.807, 2.05) is 20.8 Å². The highest BCUT2D eigenvalue weighted by Gasteiger charge is 2.18. The molecule has 1 amide bonds. The molecule has 120 valence electrons. The van der Waals surface area contributed by atoms with Gasteiger partial charge in [-0.25, -0.2) is 9.59 Å². The number of carboxylic acid groups (broad SMARTS) is 1. The lowest BCUT2D eigenvalue weighted by Gasteiger charge is -2.18. The third-order valence-corrected chi connectivity index (χ3v) is 2.73. The van der Waals surface area contributed by atoms with Crippen LogP contribution in [0.15, 0.2) is 18.2 Å². The van der Waals surface area contributed by atoms with E-state index in [1.165, 1.54) is 18.2 Å². The number of nitrogens with one attached hydrogen (secondary N) is 1. The first-order valence-corrected chi connectivity index (χ1v) is 6.98. The van der Waals surface area contributed by atoms with E-state index in [4.69, 9.17) is 9.84 Å². The minimum absolute atomic E-state index is 0.0441. The Hall–Kier alpha value is -2.37. The molecule has 0 spiro atoms. The lowest BCUT2D eigenvalue weighted by atomic mass is 9.96. The van der Waals surface area contributed by atoms with E-state index in [0.29, 0.717) is 6.54 Å². The van der Waals surface area contributed by atoms with Gasteiger partial charge in [-0.3, -0.25) is 4.79 Å². The molecular formula is C16H21NO5. The van der Waals surface area contributed by atoms with Gasteiger partial charge in [0, 0.05) is 12.1 Å². The first-order chi connectivity index (χ1) is 10.1. The molecule has 0 aliphatic carbocycles. The maximum atomic E-state index is 12.1. The highest BCUT2D eigenvalue weighted by atomic mass is 16.5. The van der Waals surface area contributed by atoms with E-state index in [9.17, 15) is 14.4 Å². The van der Waals surface area contributed by atoms with Crippen LogP contribution < -0.4 is 5.32 Å². The molecule has 2 N–H and O–H groups in total. The number of benzene rings is 1. The molecule has 0 saturated carbocycles. The normalized spacial score (nSPS) is 10.9. The average molecular weight is 307 g/mol. The summed E-state index contributed by atoms with van der Waals surface area (Å²) in [6.07, 6.45) is 0. The van der Waals surface area contributed by atoms with Crippen molar-refractivity contribution in [3.05, 3.63) is 34.9 Å². The molecule has 1 aromatic carbocycles. The molecule has 0 fully saturated rings. The number of carbonyl (C=O) groups excluding carboxylic acids is 2. The number of carboxylic acids is 1. The van der Waals surface area contributed by atoms with Crippen LogP contribution in [0.25, 0.3) is 0 Å². The van der Waals surface area contributed by atoms with Gasteiger partial charge in [0.1, 0.15) is 0 Å². The van der Waals surface area contributed by atoms with Gasteiger partial charge >= 0.3 is 11.9 Å². The second-order valence-electron chi connectivity index (χ2n) is 6.07. The van der Waals surface area contributed by atoms with E-state index in [2.05, 4.69) is 5.32 Å². The standard InChI is InChI=1S/C16H21NO5/c1-5-22-15(21)12-7-10(6-11(8-12)14(19)20)13(18)17-9-16(2,3)4/h6-8H,5,9H2,1-4H3,(H,17,18)(H,19,20). The number of ether oxygens (including phenoxy) is 1. The smallest absolute Gasteiger partial charge is 0.338 e. The summed E-state index contributed by atoms with van der Waals surface area (Å²) in [7, 11) is 0. The van der Waals surface area contributed by atoms with E-state index < -0.39 is 17.8 Å². The van der Waals surface area contributed by atoms with Crippen LogP contribution in [-0.4, -0.2) is 36.1 Å². The van der Waals surface area contributed by atoms with Crippen LogP contribution in [0.3, 0.4) is 0 Å². The summed E-state index contributed by atoms with van der Waals surface area (Å²) in [5, 5.41) is 11.8. The molecule has 0 radical (unpaired) electrons. The number of esters is 1. The van der Waals surface area contributed by atoms with Gasteiger partial charge in [0.15, 0.2) is 0 Å². The fourth-order valence-electron chi connectivity index (χ4n) is 1.66. The van der Waals surface area contributed by atoms with Gasteiger partial charge in [-0.2, -0.15) is 0 Å². The highest BCUT2D eigenvalue weighted by Crippen LogP contribution is 2.14. The number of amides is 1. The Balaban J connectivity index is 3.10. The minimum atomic E-state index is -1.21. The fourth-order valence-corrected chi connectivity index (χ4v) is 1.66. The number of hydrogen-bond acceptors (Lipinski definition) is 4. The predicted octanol–water partition coefficient (Wildman–Crippen LogP) is 2.34. The second-order valence-corrected chi connectivity index (χ2v) is 6.07. The summed E-state index contributed by atoms with van der Waals surface area (Å²) in [5.41, 5.74) is -0.0781. The van der Waals surface area contributed by atoms with Crippen LogP contribution in [0.2, 0.25) is 0 Å². The molecule has 22 heavy (non-hydrogen) atoms. The highest BCUT2D eigenvalue weighted by molar-refractivity contribution is 6.01. The zero-order valence-corrected chi connectivity index (χ0v) is 13.2. The maximum Gasteiger partial charge on any atom is 0.338 e. The zero-order valence-electron chi connectivity index (χ0n) is 13.2. The predicted molar refractivity (Wildman–Crippen MR) is 81.1 cm³/mol. The number of hydrogen-bond donors (Lipinski definition) is 2. The fraction of sp³-hybridized carbons (Fsp3) is 0.438. The Bertz CT molecular complexity index is 587. The Morgan fingerprint density at radius 3 is 2.14 bits per heavy atom. The van der Waals surface area contributed by atoms with Gasteiger partial charge in [0.25, 0.3) is 5.91 Å². The molecule has 1 rings (SSSR count). The minimum Gasteiger partial charge on any atom is -0.478 e. The SMILES string of the molecule is CCOC(=O)c1cc(C(=O)O)cc(C(=O)NCC(C)(C)C)c1. The van der Waals surface area contributed by atoms with Gasteiger partial charge in [0.05, 0.1) is 17.7 Å². The quantitative estimate of drug-likeness (QED) is 0.814. The third kappa shape index (κ3) is 5.20. The average Bonchev–Trinajstić information content (AvgIpc) is 2.43. The molecule has 0 heterocycles. The first-order valence-electron chi connectivity index (χ1n) is 6.98. The largest absolute Gasteiger partial charge is 0.478 e. The van der Waals surface area contributed by atoms with Crippen molar-refractivity contribution in [1.82, 2.24) is 5.32 Å². The molecule has 0 bridgehead atoms. The first kappa shape index (κ1) is 17.7. The van der Waals surface area contributed by atoms with Crippen molar-refractivity contribution in [2.24, 2.45) is 5.41 Å². The van der Waals surface area contributed by atoms with Crippen LogP contribution in [0.1, 0.15) is 58.8 Å². The molecular weight excluding hydrogens is 286 g/mol. The molecule has 0 saturated heterocycles. The molecule has 0 aromatic heterocycles. The number of carbonyl (C=O) groups is 3. The van der Waals surface area contributed by atoms with Crippen molar-refractivity contribution in [1.29, 1.82) is 0 Å². The Morgan fingerprint density at radius 1 is 1.09 bits per heavy atom. The van der Waals surface area contributed by atoms with Crippen LogP contribution in [0, 0.1) is 5.41 Å². The maximum absolute atomic E-state index is 12.1. The summed E-state index contributed by atoms with van der Waals surface area (Å²) in [5.74, 6) is -2.30. The Labute approximate surface area is 129 Å². The van der Waals surface area contributed by atoms with Crippen molar-refractivity contribution >= 4 is 17.8 Å². The van der Waals surface area contributed by atoms with Crippen molar-refractivity contribution in [2.75, 3.05) is 13.2 Å². The Morgan fingerprint density at radius 2 is 1.64 bits per heavy atom. The van der Waals surface area contributed by atoms with Crippen LogP contribution in [0.4, 0.5) is 0 Å². The molecule has 0 aliphatic heterocycles. The van der Waals surface area contributed by atoms with E-state index >= 15 is 0 Å². The van der Waals surface area contributed by atoms with E-state index in [-0.39, 0.29) is 28.7 Å². The van der Waals surface area contributed by atoms with Crippen molar-refractivity contribution in [3.63, 3.8) is 0 Å².